The monoisotopic (exact) mass is 502 g/mol. The van der Waals surface area contributed by atoms with E-state index in [9.17, 15) is 5.11 Å². The number of benzene rings is 2. The summed E-state index contributed by atoms with van der Waals surface area (Å²) in [6.07, 6.45) is 5.77. The maximum atomic E-state index is 11.0. The summed E-state index contributed by atoms with van der Waals surface area (Å²) >= 11 is 1.52. The molecule has 1 heterocycles. The lowest BCUT2D eigenvalue weighted by Gasteiger charge is -2.16. The van der Waals surface area contributed by atoms with Gasteiger partial charge in [-0.15, -0.1) is 11.3 Å². The number of aromatic nitrogens is 1. The van der Waals surface area contributed by atoms with Gasteiger partial charge in [0, 0.05) is 35.3 Å². The normalized spacial score (nSPS) is 16.4. The Morgan fingerprint density at radius 2 is 1.81 bits per heavy atom. The van der Waals surface area contributed by atoms with Crippen molar-refractivity contribution in [3.05, 3.63) is 88.7 Å². The molecule has 1 aromatic heterocycles. The molecule has 0 amide bonds. The first-order chi connectivity index (χ1) is 17.5. The second-order valence-corrected chi connectivity index (χ2v) is 9.90. The van der Waals surface area contributed by atoms with E-state index in [1.165, 1.54) is 43.2 Å². The summed E-state index contributed by atoms with van der Waals surface area (Å²) < 4.78 is 1.07. The maximum absolute atomic E-state index is 11.0. The van der Waals surface area contributed by atoms with E-state index in [-0.39, 0.29) is 0 Å². The summed E-state index contributed by atoms with van der Waals surface area (Å²) in [6, 6.07) is 15.8. The molecule has 190 valence electrons. The Labute approximate surface area is 219 Å². The molecule has 36 heavy (non-hydrogen) atoms. The van der Waals surface area contributed by atoms with Crippen LogP contribution in [0.15, 0.2) is 82.6 Å². The van der Waals surface area contributed by atoms with Gasteiger partial charge in [0.25, 0.3) is 0 Å². The average Bonchev–Trinajstić information content (AvgIpc) is 3.57. The lowest BCUT2D eigenvalue weighted by Crippen LogP contribution is -2.19. The van der Waals surface area contributed by atoms with E-state index in [0.29, 0.717) is 16.6 Å². The van der Waals surface area contributed by atoms with Crippen LogP contribution >= 0.6 is 11.3 Å². The van der Waals surface area contributed by atoms with Gasteiger partial charge in [0.15, 0.2) is 0 Å². The first kappa shape index (κ1) is 27.5. The average molecular weight is 503 g/mol. The molecule has 1 atom stereocenters. The number of hydrogen-bond acceptors (Lipinski definition) is 6. The van der Waals surface area contributed by atoms with Crippen molar-refractivity contribution in [1.29, 1.82) is 0 Å². The second kappa shape index (κ2) is 13.3. The molecule has 6 heteroatoms. The summed E-state index contributed by atoms with van der Waals surface area (Å²) in [6.45, 7) is 12.3. The van der Waals surface area contributed by atoms with Crippen molar-refractivity contribution in [3.8, 4) is 0 Å². The van der Waals surface area contributed by atoms with E-state index < -0.39 is 6.10 Å². The molecule has 0 spiro atoms. The van der Waals surface area contributed by atoms with Crippen LogP contribution in [0.3, 0.4) is 0 Å². The summed E-state index contributed by atoms with van der Waals surface area (Å²) in [7, 11) is 0. The zero-order chi connectivity index (χ0) is 26.1. The van der Waals surface area contributed by atoms with Gasteiger partial charge in [-0.1, -0.05) is 69.7 Å². The first-order valence-corrected chi connectivity index (χ1v) is 13.6. The van der Waals surface area contributed by atoms with Crippen molar-refractivity contribution < 1.29 is 5.11 Å². The fourth-order valence-corrected chi connectivity index (χ4v) is 5.53. The molecule has 3 aromatic rings. The summed E-state index contributed by atoms with van der Waals surface area (Å²) in [4.78, 5) is 14.1. The zero-order valence-corrected chi connectivity index (χ0v) is 22.7. The van der Waals surface area contributed by atoms with Crippen molar-refractivity contribution in [2.45, 2.75) is 59.5 Å². The smallest absolute Gasteiger partial charge is 0.131 e. The summed E-state index contributed by atoms with van der Waals surface area (Å²) in [5, 5.41) is 11.7. The molecule has 4 rings (SSSR count). The van der Waals surface area contributed by atoms with Crippen molar-refractivity contribution in [1.82, 2.24) is 4.98 Å². The van der Waals surface area contributed by atoms with Gasteiger partial charge in [0.2, 0.25) is 0 Å². The number of para-hydroxylation sites is 1. The second-order valence-electron chi connectivity index (χ2n) is 8.84. The predicted octanol–water partition coefficient (Wildman–Crippen LogP) is 7.22. The van der Waals surface area contributed by atoms with E-state index in [4.69, 9.17) is 10.7 Å². The van der Waals surface area contributed by atoms with Crippen molar-refractivity contribution in [3.63, 3.8) is 0 Å². The Hall–Kier alpha value is -3.09. The number of aliphatic hydroxyl groups is 1. The lowest BCUT2D eigenvalue weighted by atomic mass is 9.95. The highest BCUT2D eigenvalue weighted by Gasteiger charge is 2.20. The Morgan fingerprint density at radius 1 is 1.14 bits per heavy atom. The van der Waals surface area contributed by atoms with Crippen LogP contribution in [0.5, 0.6) is 0 Å². The minimum Gasteiger partial charge on any atom is -0.402 e. The molecule has 1 unspecified atom stereocenters. The minimum absolute atomic E-state index is 0.617. The van der Waals surface area contributed by atoms with E-state index in [2.05, 4.69) is 16.6 Å². The largest absolute Gasteiger partial charge is 0.402 e. The van der Waals surface area contributed by atoms with Crippen LogP contribution in [-0.4, -0.2) is 28.1 Å². The van der Waals surface area contributed by atoms with Gasteiger partial charge < -0.3 is 10.8 Å². The highest BCUT2D eigenvalue weighted by atomic mass is 32.1. The topological polar surface area (TPSA) is 83.9 Å². The van der Waals surface area contributed by atoms with Gasteiger partial charge >= 0.3 is 0 Å². The number of nitrogens with two attached hydrogens (primary N) is 1. The fraction of sp³-hybridized carbons (Fsp3) is 0.367. The summed E-state index contributed by atoms with van der Waals surface area (Å²) in [5.41, 5.74) is 12.1. The van der Waals surface area contributed by atoms with E-state index in [0.717, 1.165) is 44.9 Å². The Kier molecular flexibility index (Phi) is 10.1. The zero-order valence-electron chi connectivity index (χ0n) is 21.9. The molecule has 0 bridgehead atoms. The fourth-order valence-electron chi connectivity index (χ4n) is 4.55. The van der Waals surface area contributed by atoms with Crippen molar-refractivity contribution in [2.24, 2.45) is 21.6 Å². The molecule has 0 aliphatic heterocycles. The Bertz CT molecular complexity index is 1210. The van der Waals surface area contributed by atoms with Gasteiger partial charge in [-0.25, -0.2) is 4.98 Å². The number of rotatable bonds is 8. The SMILES string of the molecule is C=CN=C(C)/C(C(=NCC1CCCC1)c1ccc(C(O)c2nc3ccccc3s2)cc1)=C(\C)N.CC. The summed E-state index contributed by atoms with van der Waals surface area (Å²) in [5.74, 6) is 0.617. The predicted molar refractivity (Wildman–Crippen MR) is 155 cm³/mol. The minimum atomic E-state index is -0.777. The highest BCUT2D eigenvalue weighted by Crippen LogP contribution is 2.31. The van der Waals surface area contributed by atoms with Crippen molar-refractivity contribution >= 4 is 33.0 Å². The first-order valence-electron chi connectivity index (χ1n) is 12.8. The van der Waals surface area contributed by atoms with Crippen LogP contribution in [0.2, 0.25) is 0 Å². The molecule has 3 N–H and O–H groups in total. The number of nitrogens with zero attached hydrogens (tertiary/aromatic N) is 3. The number of thiazole rings is 1. The third-order valence-electron chi connectivity index (χ3n) is 6.30. The van der Waals surface area contributed by atoms with Gasteiger partial charge in [-0.2, -0.15) is 0 Å². The van der Waals surface area contributed by atoms with E-state index >= 15 is 0 Å². The number of hydrogen-bond donors (Lipinski definition) is 2. The van der Waals surface area contributed by atoms with Crippen LogP contribution in [0.25, 0.3) is 10.2 Å². The Morgan fingerprint density at radius 3 is 2.42 bits per heavy atom. The van der Waals surface area contributed by atoms with E-state index in [1.807, 2.05) is 76.2 Å². The van der Waals surface area contributed by atoms with Crippen LogP contribution < -0.4 is 5.73 Å². The molecular formula is C30H38N4OS. The molecular weight excluding hydrogens is 464 g/mol. The van der Waals surface area contributed by atoms with Crippen LogP contribution in [0, 0.1) is 5.92 Å². The quantitative estimate of drug-likeness (QED) is 0.319. The molecule has 1 fully saturated rings. The standard InChI is InChI=1S/C28H32N4OS.C2H6/c1-4-30-19(3)25(18(2)29)26(31-17-20-9-5-6-10-20)21-13-15-22(16-14-21)27(33)28-32-23-11-7-8-12-24(23)34-28;1-2/h4,7-8,11-16,20,27,33H,1,5-6,9-10,17,29H2,2-3H3;1-2H3/b25-18-,30-19?,31-26?;. The lowest BCUT2D eigenvalue weighted by molar-refractivity contribution is 0.220. The third-order valence-corrected chi connectivity index (χ3v) is 7.39. The van der Waals surface area contributed by atoms with Crippen LogP contribution in [0.4, 0.5) is 0 Å². The molecule has 5 nitrogen and oxygen atoms in total. The van der Waals surface area contributed by atoms with Crippen LogP contribution in [-0.2, 0) is 0 Å². The van der Waals surface area contributed by atoms with Gasteiger partial charge in [0.1, 0.15) is 11.1 Å². The highest BCUT2D eigenvalue weighted by molar-refractivity contribution is 7.18. The molecule has 1 aliphatic rings. The molecule has 2 aromatic carbocycles. The van der Waals surface area contributed by atoms with Gasteiger partial charge in [0.05, 0.1) is 15.9 Å². The maximum Gasteiger partial charge on any atom is 0.131 e. The Balaban J connectivity index is 0.00000176. The number of allylic oxidation sites excluding steroid dienone is 2. The molecule has 1 aliphatic carbocycles. The van der Waals surface area contributed by atoms with Gasteiger partial charge in [-0.05, 0) is 50.3 Å². The number of aliphatic imine (C=N–C) groups is 2. The third kappa shape index (κ3) is 6.56. The number of fused-ring (bicyclic) bond motifs is 1. The van der Waals surface area contributed by atoms with Crippen LogP contribution in [0.1, 0.15) is 75.6 Å². The number of aliphatic hydroxyl groups excluding tert-OH is 1. The molecule has 0 radical (unpaired) electrons. The van der Waals surface area contributed by atoms with E-state index in [1.54, 1.807) is 0 Å². The molecule has 1 saturated carbocycles. The van der Waals surface area contributed by atoms with Crippen molar-refractivity contribution in [2.75, 3.05) is 6.54 Å². The van der Waals surface area contributed by atoms with Gasteiger partial charge in [-0.3, -0.25) is 9.98 Å². The molecule has 0 saturated heterocycles.